The highest BCUT2D eigenvalue weighted by Crippen LogP contribution is 2.20. The zero-order valence-electron chi connectivity index (χ0n) is 22.0. The summed E-state index contributed by atoms with van der Waals surface area (Å²) in [5.74, 6) is -1.33. The van der Waals surface area contributed by atoms with Gasteiger partial charge in [-0.1, -0.05) is 129 Å². The van der Waals surface area contributed by atoms with Gasteiger partial charge >= 0.3 is 0 Å². The van der Waals surface area contributed by atoms with Gasteiger partial charge in [0.25, 0.3) is 0 Å². The van der Waals surface area contributed by atoms with Crippen molar-refractivity contribution in [2.45, 2.75) is 167 Å². The second-order valence-electron chi connectivity index (χ2n) is 10.1. The Hall–Kier alpha value is -0.490. The van der Waals surface area contributed by atoms with Gasteiger partial charge in [-0.2, -0.15) is 0 Å². The SMILES string of the molecule is CCCCCCCCCCCCCCCC(O)C(C(=O)CC(O)CCCCCCC)C(N)O. The minimum atomic E-state index is -1.38. The first-order valence-corrected chi connectivity index (χ1v) is 14.3. The van der Waals surface area contributed by atoms with Crippen LogP contribution >= 0.6 is 0 Å². The number of hydrogen-bond acceptors (Lipinski definition) is 5. The number of Topliss-reactive ketones (excluding diaryl/α,β-unsaturated/α-hetero) is 1. The van der Waals surface area contributed by atoms with Crippen LogP contribution in [-0.2, 0) is 4.79 Å². The highest BCUT2D eigenvalue weighted by atomic mass is 16.3. The van der Waals surface area contributed by atoms with Crippen LogP contribution < -0.4 is 5.73 Å². The van der Waals surface area contributed by atoms with Gasteiger partial charge in [-0.25, -0.2) is 0 Å². The Morgan fingerprint density at radius 2 is 0.970 bits per heavy atom. The van der Waals surface area contributed by atoms with Crippen molar-refractivity contribution in [2.24, 2.45) is 11.7 Å². The topological polar surface area (TPSA) is 104 Å². The minimum Gasteiger partial charge on any atom is -0.393 e. The standard InChI is InChI=1S/C28H57NO4/c1-3-5-7-9-10-11-12-13-14-15-16-18-20-22-25(31)27(28(29)33)26(32)23-24(30)21-19-17-8-6-4-2/h24-25,27-28,30-31,33H,3-23,29H2,1-2H3. The van der Waals surface area contributed by atoms with E-state index in [1.807, 2.05) is 0 Å². The summed E-state index contributed by atoms with van der Waals surface area (Å²) in [4.78, 5) is 12.5. The van der Waals surface area contributed by atoms with E-state index in [0.717, 1.165) is 38.5 Å². The van der Waals surface area contributed by atoms with Crippen molar-refractivity contribution in [3.05, 3.63) is 0 Å². The quantitative estimate of drug-likeness (QED) is 0.0910. The van der Waals surface area contributed by atoms with Gasteiger partial charge < -0.3 is 21.1 Å². The number of carbonyl (C=O) groups excluding carboxylic acids is 1. The molecule has 0 aliphatic heterocycles. The second-order valence-corrected chi connectivity index (χ2v) is 10.1. The highest BCUT2D eigenvalue weighted by molar-refractivity contribution is 5.82. The van der Waals surface area contributed by atoms with E-state index in [9.17, 15) is 20.1 Å². The lowest BCUT2D eigenvalue weighted by Crippen LogP contribution is -2.44. The molecule has 0 aromatic rings. The van der Waals surface area contributed by atoms with E-state index < -0.39 is 24.4 Å². The molecule has 0 aromatic carbocycles. The Balaban J connectivity index is 3.88. The van der Waals surface area contributed by atoms with Crippen LogP contribution in [0.5, 0.6) is 0 Å². The van der Waals surface area contributed by atoms with Crippen LogP contribution in [-0.4, -0.2) is 39.5 Å². The number of nitrogens with two attached hydrogens (primary N) is 1. The van der Waals surface area contributed by atoms with Crippen LogP contribution in [0.3, 0.4) is 0 Å². The van der Waals surface area contributed by atoms with E-state index in [0.29, 0.717) is 12.8 Å². The lowest BCUT2D eigenvalue weighted by atomic mass is 9.88. The summed E-state index contributed by atoms with van der Waals surface area (Å²) in [7, 11) is 0. The third-order valence-corrected chi connectivity index (χ3v) is 6.84. The van der Waals surface area contributed by atoms with Gasteiger partial charge in [0, 0.05) is 6.42 Å². The van der Waals surface area contributed by atoms with Gasteiger partial charge in [-0.15, -0.1) is 0 Å². The Bertz CT molecular complexity index is 430. The summed E-state index contributed by atoms with van der Waals surface area (Å²) >= 11 is 0. The van der Waals surface area contributed by atoms with Crippen molar-refractivity contribution in [1.29, 1.82) is 0 Å². The first kappa shape index (κ1) is 32.5. The first-order chi connectivity index (χ1) is 15.9. The number of rotatable bonds is 25. The van der Waals surface area contributed by atoms with Crippen molar-refractivity contribution in [3.63, 3.8) is 0 Å². The maximum atomic E-state index is 12.5. The van der Waals surface area contributed by atoms with E-state index in [-0.39, 0.29) is 12.2 Å². The maximum absolute atomic E-state index is 12.5. The van der Waals surface area contributed by atoms with Gasteiger partial charge in [-0.3, -0.25) is 4.79 Å². The molecule has 0 saturated carbocycles. The molecule has 5 heteroatoms. The number of aliphatic hydroxyl groups is 3. The molecule has 5 nitrogen and oxygen atoms in total. The minimum absolute atomic E-state index is 0.0393. The van der Waals surface area contributed by atoms with Crippen LogP contribution in [0.2, 0.25) is 0 Å². The van der Waals surface area contributed by atoms with E-state index in [2.05, 4.69) is 13.8 Å². The predicted octanol–water partition coefficient (Wildman–Crippen LogP) is 6.40. The molecule has 0 amide bonds. The van der Waals surface area contributed by atoms with Gasteiger partial charge in [0.2, 0.25) is 0 Å². The van der Waals surface area contributed by atoms with Crippen LogP contribution in [0.1, 0.15) is 149 Å². The summed E-state index contributed by atoms with van der Waals surface area (Å²) in [6.45, 7) is 4.42. The Kier molecular flexibility index (Phi) is 22.9. The molecular formula is C28H57NO4. The highest BCUT2D eigenvalue weighted by Gasteiger charge is 2.32. The normalized spacial score (nSPS) is 15.3. The second kappa shape index (κ2) is 23.3. The molecule has 0 saturated heterocycles. The number of carbonyl (C=O) groups is 1. The van der Waals surface area contributed by atoms with Crippen molar-refractivity contribution in [1.82, 2.24) is 0 Å². The monoisotopic (exact) mass is 471 g/mol. The molecular weight excluding hydrogens is 414 g/mol. The summed E-state index contributed by atoms with van der Waals surface area (Å²) in [6.07, 6.45) is 19.8. The van der Waals surface area contributed by atoms with Crippen LogP contribution in [0.4, 0.5) is 0 Å². The number of hydrogen-bond donors (Lipinski definition) is 4. The molecule has 4 atom stereocenters. The summed E-state index contributed by atoms with van der Waals surface area (Å²) in [5, 5.41) is 30.5. The van der Waals surface area contributed by atoms with Gasteiger partial charge in [0.05, 0.1) is 18.1 Å². The third-order valence-electron chi connectivity index (χ3n) is 6.84. The zero-order valence-corrected chi connectivity index (χ0v) is 22.0. The lowest BCUT2D eigenvalue weighted by Gasteiger charge is -2.25. The largest absolute Gasteiger partial charge is 0.393 e. The third kappa shape index (κ3) is 19.5. The molecule has 33 heavy (non-hydrogen) atoms. The van der Waals surface area contributed by atoms with Crippen molar-refractivity contribution in [2.75, 3.05) is 0 Å². The smallest absolute Gasteiger partial charge is 0.145 e. The number of unbranched alkanes of at least 4 members (excludes halogenated alkanes) is 16. The van der Waals surface area contributed by atoms with Crippen LogP contribution in [0, 0.1) is 5.92 Å². The molecule has 5 N–H and O–H groups in total. The van der Waals surface area contributed by atoms with Crippen molar-refractivity contribution < 1.29 is 20.1 Å². The number of ketones is 1. The average molecular weight is 472 g/mol. The summed E-state index contributed by atoms with van der Waals surface area (Å²) in [5.41, 5.74) is 5.61. The molecule has 0 rings (SSSR count). The molecule has 0 fully saturated rings. The maximum Gasteiger partial charge on any atom is 0.145 e. The number of aliphatic hydroxyl groups excluding tert-OH is 3. The van der Waals surface area contributed by atoms with Gasteiger partial charge in [0.1, 0.15) is 12.0 Å². The Morgan fingerprint density at radius 3 is 1.36 bits per heavy atom. The zero-order chi connectivity index (χ0) is 24.7. The van der Waals surface area contributed by atoms with Crippen LogP contribution in [0.15, 0.2) is 0 Å². The first-order valence-electron chi connectivity index (χ1n) is 14.3. The molecule has 0 heterocycles. The van der Waals surface area contributed by atoms with E-state index in [1.54, 1.807) is 0 Å². The fourth-order valence-corrected chi connectivity index (χ4v) is 4.64. The summed E-state index contributed by atoms with van der Waals surface area (Å²) in [6, 6.07) is 0. The Labute approximate surface area is 204 Å². The molecule has 0 aliphatic carbocycles. The predicted molar refractivity (Wildman–Crippen MR) is 139 cm³/mol. The Morgan fingerprint density at radius 1 is 0.606 bits per heavy atom. The van der Waals surface area contributed by atoms with Gasteiger partial charge in [0.15, 0.2) is 0 Å². The summed E-state index contributed by atoms with van der Waals surface area (Å²) < 4.78 is 0. The average Bonchev–Trinajstić information content (AvgIpc) is 2.76. The molecule has 0 aromatic heterocycles. The van der Waals surface area contributed by atoms with Gasteiger partial charge in [-0.05, 0) is 12.8 Å². The van der Waals surface area contributed by atoms with E-state index >= 15 is 0 Å². The lowest BCUT2D eigenvalue weighted by molar-refractivity contribution is -0.133. The molecule has 0 aliphatic rings. The fraction of sp³-hybridized carbons (Fsp3) is 0.964. The molecule has 0 bridgehead atoms. The molecule has 4 unspecified atom stereocenters. The molecule has 198 valence electrons. The van der Waals surface area contributed by atoms with E-state index in [4.69, 9.17) is 5.73 Å². The van der Waals surface area contributed by atoms with E-state index in [1.165, 1.54) is 77.0 Å². The van der Waals surface area contributed by atoms with Crippen LogP contribution in [0.25, 0.3) is 0 Å². The van der Waals surface area contributed by atoms with Crippen molar-refractivity contribution in [3.8, 4) is 0 Å². The fourth-order valence-electron chi connectivity index (χ4n) is 4.64. The van der Waals surface area contributed by atoms with Crippen molar-refractivity contribution >= 4 is 5.78 Å². The molecule has 0 spiro atoms. The molecule has 0 radical (unpaired) electrons.